The predicted molar refractivity (Wildman–Crippen MR) is 61.6 cm³/mol. The van der Waals surface area contributed by atoms with Gasteiger partial charge in [-0.25, -0.2) is 13.6 Å². The van der Waals surface area contributed by atoms with E-state index in [1.807, 2.05) is 0 Å². The normalized spacial score (nSPS) is 12.5. The van der Waals surface area contributed by atoms with Crippen LogP contribution in [0.1, 0.15) is 0 Å². The maximum absolute atomic E-state index is 12.2. The Morgan fingerprint density at radius 2 is 1.89 bits per heavy atom. The summed E-state index contributed by atoms with van der Waals surface area (Å²) in [7, 11) is -2.72. The van der Waals surface area contributed by atoms with Crippen LogP contribution in [0.15, 0.2) is 23.1 Å². The number of nitrogens with two attached hydrogens (primary N) is 2. The number of benzene rings is 1. The van der Waals surface area contributed by atoms with E-state index in [9.17, 15) is 21.6 Å². The lowest BCUT2D eigenvalue weighted by atomic mass is 10.2. The van der Waals surface area contributed by atoms with E-state index in [1.165, 1.54) is 13.1 Å². The number of sulfonamides is 1. The molecule has 0 aliphatic heterocycles. The third-order valence-electron chi connectivity index (χ3n) is 2.16. The molecule has 0 heterocycles. The SMILES string of the molecule is CN(CC(F)(F)F)c1ccc(S(N)(=O)=O)cc1N. The highest BCUT2D eigenvalue weighted by molar-refractivity contribution is 7.89. The van der Waals surface area contributed by atoms with Crippen molar-refractivity contribution < 1.29 is 21.6 Å². The van der Waals surface area contributed by atoms with Crippen molar-refractivity contribution in [3.05, 3.63) is 18.2 Å². The second-order valence-electron chi connectivity index (χ2n) is 3.74. The molecule has 1 rings (SSSR count). The average molecular weight is 283 g/mol. The molecule has 0 bridgehead atoms. The molecule has 18 heavy (non-hydrogen) atoms. The zero-order valence-electron chi connectivity index (χ0n) is 9.40. The summed E-state index contributed by atoms with van der Waals surface area (Å²) in [6.45, 7) is -1.19. The Labute approximate surface area is 102 Å². The molecular formula is C9H12F3N3O2S. The molecule has 0 spiro atoms. The number of alkyl halides is 3. The summed E-state index contributed by atoms with van der Waals surface area (Å²) in [6.07, 6.45) is -4.38. The maximum Gasteiger partial charge on any atom is 0.405 e. The van der Waals surface area contributed by atoms with Gasteiger partial charge in [0.1, 0.15) is 6.54 Å². The Bertz CT molecular complexity index is 542. The van der Waals surface area contributed by atoms with E-state index < -0.39 is 22.7 Å². The molecule has 9 heteroatoms. The van der Waals surface area contributed by atoms with Crippen LogP contribution in [0.5, 0.6) is 0 Å². The van der Waals surface area contributed by atoms with E-state index in [0.29, 0.717) is 0 Å². The Balaban J connectivity index is 3.07. The number of hydrogen-bond acceptors (Lipinski definition) is 4. The molecule has 5 nitrogen and oxygen atoms in total. The molecule has 102 valence electrons. The summed E-state index contributed by atoms with van der Waals surface area (Å²) in [5.41, 5.74) is 5.50. The van der Waals surface area contributed by atoms with Crippen LogP contribution in [-0.2, 0) is 10.0 Å². The van der Waals surface area contributed by atoms with Crippen LogP contribution < -0.4 is 15.8 Å². The molecule has 1 aromatic rings. The van der Waals surface area contributed by atoms with Gasteiger partial charge >= 0.3 is 6.18 Å². The third kappa shape index (κ3) is 3.77. The lowest BCUT2D eigenvalue weighted by Gasteiger charge is -2.22. The Kier molecular flexibility index (Phi) is 3.77. The first-order chi connectivity index (χ1) is 8.00. The molecule has 0 saturated heterocycles. The molecule has 0 fully saturated rings. The quantitative estimate of drug-likeness (QED) is 0.807. The van der Waals surface area contributed by atoms with Gasteiger partial charge in [-0.05, 0) is 18.2 Å². The van der Waals surface area contributed by atoms with Crippen LogP contribution in [-0.4, -0.2) is 28.2 Å². The summed E-state index contributed by atoms with van der Waals surface area (Å²) >= 11 is 0. The van der Waals surface area contributed by atoms with E-state index in [-0.39, 0.29) is 16.3 Å². The Morgan fingerprint density at radius 1 is 1.33 bits per heavy atom. The van der Waals surface area contributed by atoms with Crippen molar-refractivity contribution in [2.24, 2.45) is 5.14 Å². The molecule has 0 aliphatic carbocycles. The lowest BCUT2D eigenvalue weighted by molar-refractivity contribution is -0.119. The number of anilines is 2. The van der Waals surface area contributed by atoms with Crippen LogP contribution in [0.4, 0.5) is 24.5 Å². The summed E-state index contributed by atoms with van der Waals surface area (Å²) in [5, 5.41) is 4.88. The van der Waals surface area contributed by atoms with Gasteiger partial charge in [0.25, 0.3) is 0 Å². The number of primary sulfonamides is 1. The summed E-state index contributed by atoms with van der Waals surface area (Å²) < 4.78 is 58.6. The first-order valence-electron chi connectivity index (χ1n) is 4.71. The summed E-state index contributed by atoms with van der Waals surface area (Å²) in [5.74, 6) is 0. The van der Waals surface area contributed by atoms with Crippen molar-refractivity contribution in [1.82, 2.24) is 0 Å². The van der Waals surface area contributed by atoms with Gasteiger partial charge < -0.3 is 10.6 Å². The lowest BCUT2D eigenvalue weighted by Crippen LogP contribution is -2.31. The summed E-state index contributed by atoms with van der Waals surface area (Å²) in [6, 6.07) is 3.31. The minimum absolute atomic E-state index is 0.0831. The van der Waals surface area contributed by atoms with E-state index in [2.05, 4.69) is 0 Å². The van der Waals surface area contributed by atoms with Gasteiger partial charge in [0, 0.05) is 7.05 Å². The zero-order chi connectivity index (χ0) is 14.1. The standard InChI is InChI=1S/C9H12F3N3O2S/c1-15(5-9(10,11)12)8-3-2-6(4-7(8)13)18(14,16)17/h2-4H,5,13H2,1H3,(H2,14,16,17). The highest BCUT2D eigenvalue weighted by atomic mass is 32.2. The predicted octanol–water partition coefficient (Wildman–Crippen LogP) is 0.915. The van der Waals surface area contributed by atoms with Crippen molar-refractivity contribution in [2.45, 2.75) is 11.1 Å². The molecule has 0 saturated carbocycles. The first kappa shape index (κ1) is 14.6. The van der Waals surface area contributed by atoms with Crippen LogP contribution >= 0.6 is 0 Å². The molecule has 0 aromatic heterocycles. The molecule has 0 radical (unpaired) electrons. The first-order valence-corrected chi connectivity index (χ1v) is 6.25. The van der Waals surface area contributed by atoms with Crippen molar-refractivity contribution in [3.8, 4) is 0 Å². The Hall–Kier alpha value is -1.48. The summed E-state index contributed by atoms with van der Waals surface area (Å²) in [4.78, 5) is 0.631. The van der Waals surface area contributed by atoms with Gasteiger partial charge in [0.15, 0.2) is 0 Å². The highest BCUT2D eigenvalue weighted by Crippen LogP contribution is 2.27. The van der Waals surface area contributed by atoms with Crippen molar-refractivity contribution in [3.63, 3.8) is 0 Å². The molecule has 0 amide bonds. The molecular weight excluding hydrogens is 271 g/mol. The molecule has 1 aromatic carbocycles. The third-order valence-corrected chi connectivity index (χ3v) is 3.07. The molecule has 4 N–H and O–H groups in total. The van der Waals surface area contributed by atoms with Gasteiger partial charge in [0.05, 0.1) is 16.3 Å². The zero-order valence-corrected chi connectivity index (χ0v) is 10.2. The molecule has 0 unspecified atom stereocenters. The van der Waals surface area contributed by atoms with E-state index in [4.69, 9.17) is 10.9 Å². The van der Waals surface area contributed by atoms with Gasteiger partial charge in [-0.2, -0.15) is 13.2 Å². The average Bonchev–Trinajstić information content (AvgIpc) is 2.12. The van der Waals surface area contributed by atoms with Gasteiger partial charge in [-0.15, -0.1) is 0 Å². The van der Waals surface area contributed by atoms with E-state index in [1.54, 1.807) is 0 Å². The van der Waals surface area contributed by atoms with Crippen molar-refractivity contribution in [2.75, 3.05) is 24.2 Å². The van der Waals surface area contributed by atoms with Crippen molar-refractivity contribution >= 4 is 21.4 Å². The van der Waals surface area contributed by atoms with Gasteiger partial charge in [0.2, 0.25) is 10.0 Å². The number of rotatable bonds is 3. The van der Waals surface area contributed by atoms with Crippen LogP contribution in [0, 0.1) is 0 Å². The van der Waals surface area contributed by atoms with Crippen LogP contribution in [0.25, 0.3) is 0 Å². The number of halogens is 3. The second-order valence-corrected chi connectivity index (χ2v) is 5.30. The Morgan fingerprint density at radius 3 is 2.28 bits per heavy atom. The van der Waals surface area contributed by atoms with Gasteiger partial charge in [-0.1, -0.05) is 0 Å². The van der Waals surface area contributed by atoms with Gasteiger partial charge in [-0.3, -0.25) is 0 Å². The fraction of sp³-hybridized carbons (Fsp3) is 0.333. The number of nitrogen functional groups attached to an aromatic ring is 1. The minimum Gasteiger partial charge on any atom is -0.397 e. The van der Waals surface area contributed by atoms with E-state index >= 15 is 0 Å². The van der Waals surface area contributed by atoms with Crippen LogP contribution in [0.2, 0.25) is 0 Å². The molecule has 0 atom stereocenters. The van der Waals surface area contributed by atoms with E-state index in [0.717, 1.165) is 17.0 Å². The second kappa shape index (κ2) is 4.65. The van der Waals surface area contributed by atoms with Crippen molar-refractivity contribution in [1.29, 1.82) is 0 Å². The monoisotopic (exact) mass is 283 g/mol. The minimum atomic E-state index is -4.38. The maximum atomic E-state index is 12.2. The number of hydrogen-bond donors (Lipinski definition) is 2. The largest absolute Gasteiger partial charge is 0.405 e. The molecule has 0 aliphatic rings. The fourth-order valence-corrected chi connectivity index (χ4v) is 1.96. The highest BCUT2D eigenvalue weighted by Gasteiger charge is 2.30. The smallest absolute Gasteiger partial charge is 0.397 e. The topological polar surface area (TPSA) is 89.4 Å². The van der Waals surface area contributed by atoms with Crippen LogP contribution in [0.3, 0.4) is 0 Å². The fourth-order valence-electron chi connectivity index (χ4n) is 1.41. The number of nitrogens with zero attached hydrogens (tertiary/aromatic N) is 1.